The molecule has 2 aromatic rings. The van der Waals surface area contributed by atoms with Crippen molar-refractivity contribution in [1.82, 2.24) is 19.7 Å². The van der Waals surface area contributed by atoms with E-state index >= 15 is 0 Å². The van der Waals surface area contributed by atoms with Crippen molar-refractivity contribution < 1.29 is 4.79 Å². The highest BCUT2D eigenvalue weighted by Crippen LogP contribution is 2.15. The van der Waals surface area contributed by atoms with Crippen LogP contribution in [0.25, 0.3) is 5.65 Å². The standard InChI is InChI=1S/C12H19N7O/c1-8(2)16-10(20)3-4-14-11-12-15-5-6-19(12)7-9(17-11)18-13/h5-8,18H,3-4,13H2,1-2H3,(H,14,17)(H,16,20). The monoisotopic (exact) mass is 277 g/mol. The zero-order valence-corrected chi connectivity index (χ0v) is 11.6. The summed E-state index contributed by atoms with van der Waals surface area (Å²) in [5.74, 6) is 6.48. The zero-order valence-electron chi connectivity index (χ0n) is 11.6. The van der Waals surface area contributed by atoms with Gasteiger partial charge in [-0.3, -0.25) is 4.79 Å². The molecule has 0 bridgehead atoms. The van der Waals surface area contributed by atoms with E-state index in [-0.39, 0.29) is 11.9 Å². The van der Waals surface area contributed by atoms with Crippen molar-refractivity contribution in [3.05, 3.63) is 18.6 Å². The Balaban J connectivity index is 2.02. The van der Waals surface area contributed by atoms with Crippen LogP contribution < -0.4 is 21.9 Å². The summed E-state index contributed by atoms with van der Waals surface area (Å²) in [5.41, 5.74) is 3.18. The summed E-state index contributed by atoms with van der Waals surface area (Å²) in [7, 11) is 0. The summed E-state index contributed by atoms with van der Waals surface area (Å²) >= 11 is 0. The van der Waals surface area contributed by atoms with Gasteiger partial charge >= 0.3 is 0 Å². The molecule has 108 valence electrons. The molecule has 2 aromatic heterocycles. The van der Waals surface area contributed by atoms with Gasteiger partial charge in [-0.25, -0.2) is 15.8 Å². The first-order valence-electron chi connectivity index (χ1n) is 6.43. The molecule has 0 aromatic carbocycles. The molecule has 0 saturated heterocycles. The normalized spacial score (nSPS) is 10.8. The highest BCUT2D eigenvalue weighted by molar-refractivity contribution is 5.77. The van der Waals surface area contributed by atoms with Gasteiger partial charge in [0.25, 0.3) is 0 Å². The van der Waals surface area contributed by atoms with E-state index in [0.29, 0.717) is 30.2 Å². The molecule has 5 N–H and O–H groups in total. The molecular weight excluding hydrogens is 258 g/mol. The first-order valence-corrected chi connectivity index (χ1v) is 6.43. The van der Waals surface area contributed by atoms with Crippen molar-refractivity contribution in [3.63, 3.8) is 0 Å². The fourth-order valence-corrected chi connectivity index (χ4v) is 1.81. The van der Waals surface area contributed by atoms with E-state index in [1.807, 2.05) is 13.8 Å². The number of nitrogen functional groups attached to an aromatic ring is 1. The molecule has 0 aliphatic carbocycles. The third kappa shape index (κ3) is 3.35. The van der Waals surface area contributed by atoms with Gasteiger partial charge in [0, 0.05) is 31.4 Å². The van der Waals surface area contributed by atoms with Gasteiger partial charge in [-0.2, -0.15) is 0 Å². The Morgan fingerprint density at radius 1 is 1.50 bits per heavy atom. The van der Waals surface area contributed by atoms with Crippen LogP contribution in [0.2, 0.25) is 0 Å². The minimum atomic E-state index is -0.0000308. The van der Waals surface area contributed by atoms with Gasteiger partial charge in [0.1, 0.15) is 0 Å². The molecule has 0 saturated carbocycles. The van der Waals surface area contributed by atoms with Crippen molar-refractivity contribution in [3.8, 4) is 0 Å². The Bertz CT molecular complexity index is 593. The van der Waals surface area contributed by atoms with E-state index < -0.39 is 0 Å². The van der Waals surface area contributed by atoms with Gasteiger partial charge in [-0.05, 0) is 13.8 Å². The van der Waals surface area contributed by atoms with E-state index in [1.54, 1.807) is 23.0 Å². The molecule has 20 heavy (non-hydrogen) atoms. The Kier molecular flexibility index (Phi) is 4.36. The number of hydrogen-bond acceptors (Lipinski definition) is 6. The lowest BCUT2D eigenvalue weighted by molar-refractivity contribution is -0.121. The molecule has 2 rings (SSSR count). The third-order valence-electron chi connectivity index (χ3n) is 2.62. The number of hydrogen-bond donors (Lipinski definition) is 4. The summed E-state index contributed by atoms with van der Waals surface area (Å²) in [4.78, 5) is 20.1. The first-order chi connectivity index (χ1) is 9.60. The number of aromatic nitrogens is 3. The van der Waals surface area contributed by atoms with Crippen LogP contribution in [0.5, 0.6) is 0 Å². The predicted molar refractivity (Wildman–Crippen MR) is 77.2 cm³/mol. The Hall–Kier alpha value is -2.35. The van der Waals surface area contributed by atoms with Crippen molar-refractivity contribution in [2.24, 2.45) is 5.84 Å². The maximum absolute atomic E-state index is 11.6. The number of amides is 1. The van der Waals surface area contributed by atoms with E-state index in [2.05, 4.69) is 26.0 Å². The van der Waals surface area contributed by atoms with Gasteiger partial charge < -0.3 is 20.5 Å². The van der Waals surface area contributed by atoms with Crippen LogP contribution in [-0.4, -0.2) is 32.9 Å². The van der Waals surface area contributed by atoms with Crippen LogP contribution in [0, 0.1) is 0 Å². The number of carbonyl (C=O) groups is 1. The fraction of sp³-hybridized carbons (Fsp3) is 0.417. The highest BCUT2D eigenvalue weighted by atomic mass is 16.1. The predicted octanol–water partition coefficient (Wildman–Crippen LogP) is 0.342. The number of imidazole rings is 1. The molecule has 0 fully saturated rings. The summed E-state index contributed by atoms with van der Waals surface area (Å²) < 4.78 is 1.80. The second-order valence-corrected chi connectivity index (χ2v) is 4.68. The Morgan fingerprint density at radius 2 is 2.30 bits per heavy atom. The maximum Gasteiger partial charge on any atom is 0.221 e. The molecule has 0 unspecified atom stereocenters. The summed E-state index contributed by atoms with van der Waals surface area (Å²) in [6.45, 7) is 4.33. The zero-order chi connectivity index (χ0) is 14.5. The van der Waals surface area contributed by atoms with Crippen molar-refractivity contribution in [2.75, 3.05) is 17.3 Å². The van der Waals surface area contributed by atoms with Gasteiger partial charge in [0.2, 0.25) is 5.91 Å². The summed E-state index contributed by atoms with van der Waals surface area (Å²) in [5, 5.41) is 5.93. The minimum absolute atomic E-state index is 0.0000308. The molecule has 1 amide bonds. The number of nitrogens with one attached hydrogen (secondary N) is 3. The van der Waals surface area contributed by atoms with Gasteiger partial charge in [-0.1, -0.05) is 0 Å². The number of nitrogens with zero attached hydrogens (tertiary/aromatic N) is 3. The minimum Gasteiger partial charge on any atom is -0.366 e. The maximum atomic E-state index is 11.6. The molecule has 0 aliphatic heterocycles. The van der Waals surface area contributed by atoms with Crippen LogP contribution in [0.15, 0.2) is 18.6 Å². The third-order valence-corrected chi connectivity index (χ3v) is 2.62. The molecular formula is C12H19N7O. The average Bonchev–Trinajstić information content (AvgIpc) is 2.85. The lowest BCUT2D eigenvalue weighted by atomic mass is 10.3. The van der Waals surface area contributed by atoms with Crippen LogP contribution in [0.4, 0.5) is 11.6 Å². The van der Waals surface area contributed by atoms with E-state index in [9.17, 15) is 4.79 Å². The molecule has 8 nitrogen and oxygen atoms in total. The topological polar surface area (TPSA) is 109 Å². The summed E-state index contributed by atoms with van der Waals surface area (Å²) in [6, 6.07) is 0.143. The highest BCUT2D eigenvalue weighted by Gasteiger charge is 2.08. The SMILES string of the molecule is CC(C)NC(=O)CCNc1nc(NN)cn2ccnc12. The van der Waals surface area contributed by atoms with Crippen molar-refractivity contribution >= 4 is 23.2 Å². The van der Waals surface area contributed by atoms with Gasteiger partial charge in [-0.15, -0.1) is 0 Å². The Morgan fingerprint density at radius 3 is 3.00 bits per heavy atom. The average molecular weight is 277 g/mol. The molecule has 2 heterocycles. The van der Waals surface area contributed by atoms with E-state index in [1.165, 1.54) is 0 Å². The van der Waals surface area contributed by atoms with E-state index in [4.69, 9.17) is 5.84 Å². The number of anilines is 2. The number of nitrogens with two attached hydrogens (primary N) is 1. The summed E-state index contributed by atoms with van der Waals surface area (Å²) in [6.07, 6.45) is 5.58. The van der Waals surface area contributed by atoms with Crippen LogP contribution in [0.3, 0.4) is 0 Å². The van der Waals surface area contributed by atoms with Crippen LogP contribution in [-0.2, 0) is 4.79 Å². The molecule has 8 heteroatoms. The van der Waals surface area contributed by atoms with Crippen LogP contribution in [0.1, 0.15) is 20.3 Å². The van der Waals surface area contributed by atoms with Gasteiger partial charge in [0.05, 0.1) is 6.20 Å². The largest absolute Gasteiger partial charge is 0.366 e. The number of rotatable bonds is 6. The van der Waals surface area contributed by atoms with Crippen molar-refractivity contribution in [1.29, 1.82) is 0 Å². The number of carbonyl (C=O) groups excluding carboxylic acids is 1. The van der Waals surface area contributed by atoms with Gasteiger partial charge in [0.15, 0.2) is 17.3 Å². The van der Waals surface area contributed by atoms with Crippen molar-refractivity contribution in [2.45, 2.75) is 26.3 Å². The van der Waals surface area contributed by atoms with E-state index in [0.717, 1.165) is 0 Å². The molecule has 0 aliphatic rings. The smallest absolute Gasteiger partial charge is 0.221 e. The quantitative estimate of drug-likeness (QED) is 0.448. The second-order valence-electron chi connectivity index (χ2n) is 4.68. The molecule has 0 atom stereocenters. The lowest BCUT2D eigenvalue weighted by Crippen LogP contribution is -2.31. The molecule has 0 spiro atoms. The Labute approximate surface area is 116 Å². The number of fused-ring (bicyclic) bond motifs is 1. The number of hydrazine groups is 1. The lowest BCUT2D eigenvalue weighted by Gasteiger charge is -2.10. The first kappa shape index (κ1) is 14.1. The fourth-order valence-electron chi connectivity index (χ4n) is 1.81. The molecule has 0 radical (unpaired) electrons. The van der Waals surface area contributed by atoms with Crippen LogP contribution >= 0.6 is 0 Å². The second kappa shape index (κ2) is 6.20.